The van der Waals surface area contributed by atoms with Crippen LogP contribution in [0.25, 0.3) is 0 Å². The molecule has 76 valence electrons. The highest BCUT2D eigenvalue weighted by atomic mass is 16.5. The van der Waals surface area contributed by atoms with Gasteiger partial charge >= 0.3 is 0 Å². The molecule has 1 N–H and O–H groups in total. The van der Waals surface area contributed by atoms with Gasteiger partial charge in [-0.2, -0.15) is 0 Å². The number of hydrogen-bond acceptors (Lipinski definition) is 2. The lowest BCUT2D eigenvalue weighted by molar-refractivity contribution is 0.0704. The molecule has 0 radical (unpaired) electrons. The third-order valence-corrected chi connectivity index (χ3v) is 3.75. The van der Waals surface area contributed by atoms with E-state index >= 15 is 0 Å². The minimum Gasteiger partial charge on any atom is -0.383 e. The lowest BCUT2D eigenvalue weighted by atomic mass is 9.72. The summed E-state index contributed by atoms with van der Waals surface area (Å²) in [6, 6.07) is 0.643. The van der Waals surface area contributed by atoms with Crippen LogP contribution in [-0.4, -0.2) is 26.3 Å². The van der Waals surface area contributed by atoms with Crippen LogP contribution in [-0.2, 0) is 4.74 Å². The highest BCUT2D eigenvalue weighted by Crippen LogP contribution is 2.36. The van der Waals surface area contributed by atoms with Gasteiger partial charge in [0.05, 0.1) is 6.61 Å². The van der Waals surface area contributed by atoms with Gasteiger partial charge in [0.25, 0.3) is 0 Å². The van der Waals surface area contributed by atoms with Crippen molar-refractivity contribution in [3.05, 3.63) is 0 Å². The lowest BCUT2D eigenvalue weighted by Crippen LogP contribution is -2.49. The molecule has 13 heavy (non-hydrogen) atoms. The monoisotopic (exact) mass is 183 g/mol. The molecule has 1 saturated heterocycles. The average molecular weight is 183 g/mol. The van der Waals surface area contributed by atoms with Crippen molar-refractivity contribution in [3.8, 4) is 0 Å². The minimum absolute atomic E-state index is 0.643. The van der Waals surface area contributed by atoms with Crippen LogP contribution in [0.15, 0.2) is 0 Å². The molecule has 1 aliphatic carbocycles. The summed E-state index contributed by atoms with van der Waals surface area (Å²) in [5.41, 5.74) is 0. The van der Waals surface area contributed by atoms with E-state index in [0.717, 1.165) is 18.4 Å². The minimum atomic E-state index is 0.643. The van der Waals surface area contributed by atoms with Gasteiger partial charge in [-0.1, -0.05) is 19.3 Å². The Hall–Kier alpha value is -0.0800. The molecule has 1 saturated carbocycles. The number of ether oxygens (including phenoxy) is 1. The zero-order valence-corrected chi connectivity index (χ0v) is 8.59. The number of hydrogen-bond donors (Lipinski definition) is 1. The summed E-state index contributed by atoms with van der Waals surface area (Å²) in [6.45, 7) is 2.11. The summed E-state index contributed by atoms with van der Waals surface area (Å²) in [4.78, 5) is 0. The average Bonchev–Trinajstić information content (AvgIpc) is 2.19. The second-order valence-electron chi connectivity index (χ2n) is 4.51. The van der Waals surface area contributed by atoms with E-state index in [1.54, 1.807) is 0 Å². The SMILES string of the molecule is COCC1NCC[C@@H]2CCCC[C@H]12. The van der Waals surface area contributed by atoms with Crippen LogP contribution in [0.2, 0.25) is 0 Å². The molecule has 1 aliphatic heterocycles. The zero-order chi connectivity index (χ0) is 9.10. The summed E-state index contributed by atoms with van der Waals surface area (Å²) in [6.07, 6.45) is 7.17. The van der Waals surface area contributed by atoms with Crippen molar-refractivity contribution in [2.75, 3.05) is 20.3 Å². The van der Waals surface area contributed by atoms with Gasteiger partial charge in [-0.25, -0.2) is 0 Å². The van der Waals surface area contributed by atoms with Crippen molar-refractivity contribution in [1.29, 1.82) is 0 Å². The molecule has 0 spiro atoms. The van der Waals surface area contributed by atoms with Crippen molar-refractivity contribution in [1.82, 2.24) is 5.32 Å². The predicted molar refractivity (Wildman–Crippen MR) is 53.7 cm³/mol. The Morgan fingerprint density at radius 3 is 2.92 bits per heavy atom. The maximum absolute atomic E-state index is 5.27. The molecular weight excluding hydrogens is 162 g/mol. The number of rotatable bonds is 2. The van der Waals surface area contributed by atoms with Crippen LogP contribution < -0.4 is 5.32 Å². The summed E-state index contributed by atoms with van der Waals surface area (Å²) in [7, 11) is 1.81. The standard InChI is InChI=1S/C11H21NO/c1-13-8-11-10-5-3-2-4-9(10)6-7-12-11/h9-12H,2-8H2,1H3/t9-,10-,11?/m0/s1. The first-order chi connectivity index (χ1) is 6.42. The Balaban J connectivity index is 1.94. The third-order valence-electron chi connectivity index (χ3n) is 3.75. The molecule has 2 heteroatoms. The molecule has 2 rings (SSSR count). The molecule has 0 bridgehead atoms. The highest BCUT2D eigenvalue weighted by molar-refractivity contribution is 4.89. The summed E-state index contributed by atoms with van der Waals surface area (Å²) < 4.78 is 5.27. The van der Waals surface area contributed by atoms with Gasteiger partial charge in [0.2, 0.25) is 0 Å². The topological polar surface area (TPSA) is 21.3 Å². The Bertz CT molecular complexity index is 156. The van der Waals surface area contributed by atoms with E-state index in [4.69, 9.17) is 4.74 Å². The Labute approximate surface area is 81.0 Å². The Morgan fingerprint density at radius 2 is 2.08 bits per heavy atom. The van der Waals surface area contributed by atoms with Crippen molar-refractivity contribution in [3.63, 3.8) is 0 Å². The van der Waals surface area contributed by atoms with Crippen molar-refractivity contribution in [2.45, 2.75) is 38.1 Å². The van der Waals surface area contributed by atoms with Crippen molar-refractivity contribution < 1.29 is 4.74 Å². The molecule has 2 nitrogen and oxygen atoms in total. The van der Waals surface area contributed by atoms with E-state index in [1.807, 2.05) is 7.11 Å². The van der Waals surface area contributed by atoms with Crippen LogP contribution in [0.5, 0.6) is 0 Å². The van der Waals surface area contributed by atoms with Gasteiger partial charge < -0.3 is 10.1 Å². The third kappa shape index (κ3) is 2.05. The van der Waals surface area contributed by atoms with Crippen LogP contribution in [0.1, 0.15) is 32.1 Å². The molecule has 0 amide bonds. The van der Waals surface area contributed by atoms with Gasteiger partial charge in [-0.15, -0.1) is 0 Å². The van der Waals surface area contributed by atoms with Crippen LogP contribution in [0.3, 0.4) is 0 Å². The van der Waals surface area contributed by atoms with E-state index in [0.29, 0.717) is 6.04 Å². The van der Waals surface area contributed by atoms with Gasteiger partial charge in [0.1, 0.15) is 0 Å². The van der Waals surface area contributed by atoms with Gasteiger partial charge in [0.15, 0.2) is 0 Å². The molecule has 1 heterocycles. The second-order valence-corrected chi connectivity index (χ2v) is 4.51. The van der Waals surface area contributed by atoms with Crippen molar-refractivity contribution >= 4 is 0 Å². The quantitative estimate of drug-likeness (QED) is 0.705. The largest absolute Gasteiger partial charge is 0.383 e. The molecule has 0 aromatic heterocycles. The first kappa shape index (κ1) is 9.47. The number of fused-ring (bicyclic) bond motifs is 1. The normalized spacial score (nSPS) is 39.9. The fourth-order valence-electron chi connectivity index (χ4n) is 3.09. The first-order valence-electron chi connectivity index (χ1n) is 5.64. The van der Waals surface area contributed by atoms with Crippen LogP contribution in [0, 0.1) is 11.8 Å². The molecule has 0 aromatic carbocycles. The second kappa shape index (κ2) is 4.43. The Morgan fingerprint density at radius 1 is 1.23 bits per heavy atom. The summed E-state index contributed by atoms with van der Waals surface area (Å²) in [5, 5.41) is 3.59. The fourth-order valence-corrected chi connectivity index (χ4v) is 3.09. The molecule has 3 atom stereocenters. The molecule has 0 aromatic rings. The van der Waals surface area contributed by atoms with Crippen LogP contribution >= 0.6 is 0 Å². The maximum Gasteiger partial charge on any atom is 0.0618 e. The van der Waals surface area contributed by atoms with Crippen molar-refractivity contribution in [2.24, 2.45) is 11.8 Å². The van der Waals surface area contributed by atoms with Gasteiger partial charge in [0, 0.05) is 13.2 Å². The van der Waals surface area contributed by atoms with E-state index in [9.17, 15) is 0 Å². The molecule has 1 unspecified atom stereocenters. The van der Waals surface area contributed by atoms with E-state index in [1.165, 1.54) is 38.6 Å². The summed E-state index contributed by atoms with van der Waals surface area (Å²) in [5.74, 6) is 1.90. The number of methoxy groups -OCH3 is 1. The van der Waals surface area contributed by atoms with E-state index in [2.05, 4.69) is 5.32 Å². The predicted octanol–water partition coefficient (Wildman–Crippen LogP) is 1.80. The van der Waals surface area contributed by atoms with E-state index < -0.39 is 0 Å². The lowest BCUT2D eigenvalue weighted by Gasteiger charge is -2.41. The van der Waals surface area contributed by atoms with Gasteiger partial charge in [-0.05, 0) is 31.2 Å². The summed E-state index contributed by atoms with van der Waals surface area (Å²) >= 11 is 0. The Kier molecular flexibility index (Phi) is 3.23. The van der Waals surface area contributed by atoms with E-state index in [-0.39, 0.29) is 0 Å². The molecule has 2 aliphatic rings. The van der Waals surface area contributed by atoms with Crippen LogP contribution in [0.4, 0.5) is 0 Å². The maximum atomic E-state index is 5.27. The number of piperidine rings is 1. The zero-order valence-electron chi connectivity index (χ0n) is 8.59. The first-order valence-corrected chi connectivity index (χ1v) is 5.64. The highest BCUT2D eigenvalue weighted by Gasteiger charge is 2.34. The molecule has 2 fully saturated rings. The fraction of sp³-hybridized carbons (Fsp3) is 1.00. The molecular formula is C11H21NO. The number of nitrogens with one attached hydrogen (secondary N) is 1. The van der Waals surface area contributed by atoms with Gasteiger partial charge in [-0.3, -0.25) is 0 Å². The smallest absolute Gasteiger partial charge is 0.0618 e.